The Morgan fingerprint density at radius 3 is 2.62 bits per heavy atom. The SMILES string of the molecule is CCCN(C)CCC(O)c1ccccc1Br. The maximum absolute atomic E-state index is 10.1. The number of hydrogen-bond donors (Lipinski definition) is 1. The van der Waals surface area contributed by atoms with Gasteiger partial charge in [0.2, 0.25) is 0 Å². The van der Waals surface area contributed by atoms with Crippen LogP contribution in [0.15, 0.2) is 28.7 Å². The molecule has 1 aromatic carbocycles. The van der Waals surface area contributed by atoms with Gasteiger partial charge in [0.1, 0.15) is 0 Å². The van der Waals surface area contributed by atoms with Crippen LogP contribution >= 0.6 is 15.9 Å². The molecule has 16 heavy (non-hydrogen) atoms. The molecule has 90 valence electrons. The third kappa shape index (κ3) is 4.24. The Hall–Kier alpha value is -0.380. The van der Waals surface area contributed by atoms with Crippen molar-refractivity contribution in [2.75, 3.05) is 20.1 Å². The molecule has 0 aliphatic heterocycles. The fraction of sp³-hybridized carbons (Fsp3) is 0.538. The zero-order valence-electron chi connectivity index (χ0n) is 9.99. The highest BCUT2D eigenvalue weighted by Crippen LogP contribution is 2.25. The molecule has 0 aromatic heterocycles. The summed E-state index contributed by atoms with van der Waals surface area (Å²) in [5, 5.41) is 10.1. The summed E-state index contributed by atoms with van der Waals surface area (Å²) in [4.78, 5) is 2.25. The van der Waals surface area contributed by atoms with Crippen LogP contribution in [-0.2, 0) is 0 Å². The molecule has 0 aliphatic carbocycles. The molecule has 0 spiro atoms. The largest absolute Gasteiger partial charge is 0.388 e. The second-order valence-corrected chi connectivity index (χ2v) is 4.98. The monoisotopic (exact) mass is 285 g/mol. The van der Waals surface area contributed by atoms with E-state index in [2.05, 4.69) is 34.8 Å². The molecule has 0 amide bonds. The molecule has 0 fully saturated rings. The molecule has 0 bridgehead atoms. The molecule has 0 saturated heterocycles. The number of nitrogens with zero attached hydrogens (tertiary/aromatic N) is 1. The second kappa shape index (κ2) is 7.05. The minimum absolute atomic E-state index is 0.380. The van der Waals surface area contributed by atoms with Crippen LogP contribution in [0, 0.1) is 0 Å². The van der Waals surface area contributed by atoms with E-state index < -0.39 is 0 Å². The first-order valence-corrected chi connectivity index (χ1v) is 6.55. The van der Waals surface area contributed by atoms with E-state index in [1.807, 2.05) is 24.3 Å². The second-order valence-electron chi connectivity index (χ2n) is 4.13. The lowest BCUT2D eigenvalue weighted by Crippen LogP contribution is -2.22. The zero-order chi connectivity index (χ0) is 12.0. The third-order valence-electron chi connectivity index (χ3n) is 2.65. The van der Waals surface area contributed by atoms with Gasteiger partial charge >= 0.3 is 0 Å². The number of benzene rings is 1. The van der Waals surface area contributed by atoms with Gasteiger partial charge in [-0.25, -0.2) is 0 Å². The Bertz CT molecular complexity index is 317. The topological polar surface area (TPSA) is 23.5 Å². The van der Waals surface area contributed by atoms with Gasteiger partial charge in [0.25, 0.3) is 0 Å². The summed E-state index contributed by atoms with van der Waals surface area (Å²) in [6.45, 7) is 4.18. The van der Waals surface area contributed by atoms with E-state index in [4.69, 9.17) is 0 Å². The van der Waals surface area contributed by atoms with Crippen LogP contribution in [0.3, 0.4) is 0 Å². The van der Waals surface area contributed by atoms with Crippen LogP contribution in [-0.4, -0.2) is 30.1 Å². The van der Waals surface area contributed by atoms with Crippen molar-refractivity contribution in [1.82, 2.24) is 4.90 Å². The van der Waals surface area contributed by atoms with Crippen LogP contribution in [0.2, 0.25) is 0 Å². The predicted octanol–water partition coefficient (Wildman–Crippen LogP) is 3.21. The summed E-state index contributed by atoms with van der Waals surface area (Å²) in [5.74, 6) is 0. The Morgan fingerprint density at radius 2 is 2.00 bits per heavy atom. The van der Waals surface area contributed by atoms with Gasteiger partial charge in [-0.3, -0.25) is 0 Å². The van der Waals surface area contributed by atoms with Crippen molar-refractivity contribution in [1.29, 1.82) is 0 Å². The van der Waals surface area contributed by atoms with E-state index in [1.165, 1.54) is 0 Å². The highest BCUT2D eigenvalue weighted by molar-refractivity contribution is 9.10. The summed E-state index contributed by atoms with van der Waals surface area (Å²) < 4.78 is 0.987. The lowest BCUT2D eigenvalue weighted by Gasteiger charge is -2.18. The highest BCUT2D eigenvalue weighted by atomic mass is 79.9. The molecule has 0 saturated carbocycles. The third-order valence-corrected chi connectivity index (χ3v) is 3.38. The van der Waals surface area contributed by atoms with E-state index in [1.54, 1.807) is 0 Å². The lowest BCUT2D eigenvalue weighted by atomic mass is 10.1. The van der Waals surface area contributed by atoms with Crippen LogP contribution in [0.4, 0.5) is 0 Å². The average molecular weight is 286 g/mol. The van der Waals surface area contributed by atoms with Crippen molar-refractivity contribution in [2.24, 2.45) is 0 Å². The number of aliphatic hydroxyl groups is 1. The molecular weight excluding hydrogens is 266 g/mol. The maximum Gasteiger partial charge on any atom is 0.0813 e. The van der Waals surface area contributed by atoms with E-state index in [-0.39, 0.29) is 6.10 Å². The summed E-state index contributed by atoms with van der Waals surface area (Å²) in [6.07, 6.45) is 1.55. The number of aliphatic hydroxyl groups excluding tert-OH is 1. The highest BCUT2D eigenvalue weighted by Gasteiger charge is 2.11. The molecule has 1 N–H and O–H groups in total. The van der Waals surface area contributed by atoms with Gasteiger partial charge < -0.3 is 10.0 Å². The van der Waals surface area contributed by atoms with Crippen molar-refractivity contribution >= 4 is 15.9 Å². The Labute approximate surface area is 106 Å². The smallest absolute Gasteiger partial charge is 0.0813 e. The number of hydrogen-bond acceptors (Lipinski definition) is 2. The fourth-order valence-corrected chi connectivity index (χ4v) is 2.29. The standard InChI is InChI=1S/C13H20BrNO/c1-3-9-15(2)10-8-13(16)11-6-4-5-7-12(11)14/h4-7,13,16H,3,8-10H2,1-2H3. The van der Waals surface area contributed by atoms with Crippen molar-refractivity contribution in [3.63, 3.8) is 0 Å². The fourth-order valence-electron chi connectivity index (χ4n) is 1.74. The molecule has 2 nitrogen and oxygen atoms in total. The van der Waals surface area contributed by atoms with Crippen LogP contribution in [0.1, 0.15) is 31.4 Å². The molecule has 0 radical (unpaired) electrons. The molecule has 0 heterocycles. The van der Waals surface area contributed by atoms with Gasteiger partial charge in [0.05, 0.1) is 6.10 Å². The van der Waals surface area contributed by atoms with Crippen LogP contribution in [0.25, 0.3) is 0 Å². The lowest BCUT2D eigenvalue weighted by molar-refractivity contribution is 0.148. The first-order chi connectivity index (χ1) is 7.65. The summed E-state index contributed by atoms with van der Waals surface area (Å²) >= 11 is 3.46. The van der Waals surface area contributed by atoms with Gasteiger partial charge in [-0.2, -0.15) is 0 Å². The zero-order valence-corrected chi connectivity index (χ0v) is 11.6. The van der Waals surface area contributed by atoms with Gasteiger partial charge in [-0.05, 0) is 38.1 Å². The Morgan fingerprint density at radius 1 is 1.31 bits per heavy atom. The molecular formula is C13H20BrNO. The van der Waals surface area contributed by atoms with Gasteiger partial charge in [-0.15, -0.1) is 0 Å². The molecule has 1 aromatic rings. The first-order valence-electron chi connectivity index (χ1n) is 5.76. The van der Waals surface area contributed by atoms with Crippen molar-refractivity contribution in [2.45, 2.75) is 25.9 Å². The number of rotatable bonds is 6. The van der Waals surface area contributed by atoms with E-state index in [9.17, 15) is 5.11 Å². The molecule has 1 unspecified atom stereocenters. The normalized spacial score (nSPS) is 13.1. The maximum atomic E-state index is 10.1. The molecule has 1 atom stereocenters. The van der Waals surface area contributed by atoms with Crippen molar-refractivity contribution in [3.05, 3.63) is 34.3 Å². The minimum Gasteiger partial charge on any atom is -0.388 e. The quantitative estimate of drug-likeness (QED) is 0.868. The average Bonchev–Trinajstić information content (AvgIpc) is 2.27. The predicted molar refractivity (Wildman–Crippen MR) is 71.5 cm³/mol. The van der Waals surface area contributed by atoms with Crippen LogP contribution < -0.4 is 0 Å². The minimum atomic E-state index is -0.380. The van der Waals surface area contributed by atoms with E-state index in [0.717, 1.165) is 36.0 Å². The van der Waals surface area contributed by atoms with Gasteiger partial charge in [-0.1, -0.05) is 41.1 Å². The number of halogens is 1. The Kier molecular flexibility index (Phi) is 6.03. The van der Waals surface area contributed by atoms with E-state index in [0.29, 0.717) is 0 Å². The van der Waals surface area contributed by atoms with Gasteiger partial charge in [0.15, 0.2) is 0 Å². The first kappa shape index (κ1) is 13.7. The molecule has 0 aliphatic rings. The molecule has 3 heteroatoms. The van der Waals surface area contributed by atoms with Crippen molar-refractivity contribution in [3.8, 4) is 0 Å². The van der Waals surface area contributed by atoms with E-state index >= 15 is 0 Å². The van der Waals surface area contributed by atoms with Crippen molar-refractivity contribution < 1.29 is 5.11 Å². The van der Waals surface area contributed by atoms with Crippen LogP contribution in [0.5, 0.6) is 0 Å². The van der Waals surface area contributed by atoms with Gasteiger partial charge in [0, 0.05) is 11.0 Å². The summed E-state index contributed by atoms with van der Waals surface area (Å²) in [5.41, 5.74) is 0.979. The summed E-state index contributed by atoms with van der Waals surface area (Å²) in [6, 6.07) is 7.85. The Balaban J connectivity index is 2.46. The molecule has 1 rings (SSSR count). The summed E-state index contributed by atoms with van der Waals surface area (Å²) in [7, 11) is 2.09.